The number of hydrogen-bond donors (Lipinski definition) is 2. The van der Waals surface area contributed by atoms with Gasteiger partial charge in [0.2, 0.25) is 0 Å². The molecule has 5 nitrogen and oxygen atoms in total. The lowest BCUT2D eigenvalue weighted by molar-refractivity contribution is 0.237. The first-order valence-corrected chi connectivity index (χ1v) is 7.36. The van der Waals surface area contributed by atoms with Crippen molar-refractivity contribution in [2.24, 2.45) is 5.92 Å². The average molecular weight is 276 g/mol. The van der Waals surface area contributed by atoms with Crippen molar-refractivity contribution in [3.05, 3.63) is 30.4 Å². The smallest absolute Gasteiger partial charge is 0.315 e. The molecule has 1 aliphatic rings. The molecule has 1 aliphatic carbocycles. The van der Waals surface area contributed by atoms with E-state index in [4.69, 9.17) is 0 Å². The molecule has 2 N–H and O–H groups in total. The molecular formula is C15H24N4O. The molecule has 2 rings (SSSR count). The van der Waals surface area contributed by atoms with Crippen LogP contribution in [0.2, 0.25) is 0 Å². The van der Waals surface area contributed by atoms with Crippen LogP contribution in [-0.2, 0) is 13.1 Å². The predicted octanol–water partition coefficient (Wildman–Crippen LogP) is 2.45. The Kier molecular flexibility index (Phi) is 5.21. The quantitative estimate of drug-likeness (QED) is 0.812. The first kappa shape index (κ1) is 14.6. The standard InChI is InChI=1S/C15H24N4O/c1-12(2)11-19-9-8-16-14(19)10-17-15(20)18-13-6-4-3-5-7-13/h4,6,8-9,12-13H,3,5,7,10-11H2,1-2H3,(H2,17,18,20)/t13-/m1/s1. The van der Waals surface area contributed by atoms with Crippen molar-refractivity contribution in [1.29, 1.82) is 0 Å². The van der Waals surface area contributed by atoms with Gasteiger partial charge >= 0.3 is 6.03 Å². The fraction of sp³-hybridized carbons (Fsp3) is 0.600. The molecular weight excluding hydrogens is 252 g/mol. The van der Waals surface area contributed by atoms with Crippen molar-refractivity contribution in [1.82, 2.24) is 20.2 Å². The summed E-state index contributed by atoms with van der Waals surface area (Å²) in [5.41, 5.74) is 0. The second-order valence-corrected chi connectivity index (χ2v) is 5.68. The van der Waals surface area contributed by atoms with Crippen LogP contribution in [0.15, 0.2) is 24.5 Å². The van der Waals surface area contributed by atoms with E-state index in [2.05, 4.69) is 46.2 Å². The number of amides is 2. The number of carbonyl (C=O) groups excluding carboxylic acids is 1. The largest absolute Gasteiger partial charge is 0.333 e. The van der Waals surface area contributed by atoms with Crippen molar-refractivity contribution in [3.8, 4) is 0 Å². The second-order valence-electron chi connectivity index (χ2n) is 5.68. The van der Waals surface area contributed by atoms with Crippen molar-refractivity contribution in [2.75, 3.05) is 0 Å². The fourth-order valence-corrected chi connectivity index (χ4v) is 2.38. The van der Waals surface area contributed by atoms with Gasteiger partial charge in [-0.2, -0.15) is 0 Å². The van der Waals surface area contributed by atoms with Gasteiger partial charge in [0.05, 0.1) is 6.54 Å². The summed E-state index contributed by atoms with van der Waals surface area (Å²) in [6, 6.07) is 0.0415. The molecule has 0 unspecified atom stereocenters. The van der Waals surface area contributed by atoms with Gasteiger partial charge in [-0.1, -0.05) is 26.0 Å². The summed E-state index contributed by atoms with van der Waals surface area (Å²) in [7, 11) is 0. The third-order valence-corrected chi connectivity index (χ3v) is 3.34. The summed E-state index contributed by atoms with van der Waals surface area (Å²) in [6.07, 6.45) is 11.2. The molecule has 0 bridgehead atoms. The van der Waals surface area contributed by atoms with Crippen LogP contribution < -0.4 is 10.6 Å². The van der Waals surface area contributed by atoms with Gasteiger partial charge in [0.25, 0.3) is 0 Å². The number of nitrogens with one attached hydrogen (secondary N) is 2. The number of carbonyl (C=O) groups is 1. The van der Waals surface area contributed by atoms with Crippen molar-refractivity contribution in [2.45, 2.75) is 52.2 Å². The Hall–Kier alpha value is -1.78. The maximum absolute atomic E-state index is 11.8. The minimum atomic E-state index is -0.124. The number of nitrogens with zero attached hydrogens (tertiary/aromatic N) is 2. The molecule has 20 heavy (non-hydrogen) atoms. The first-order chi connectivity index (χ1) is 9.65. The van der Waals surface area contributed by atoms with Crippen LogP contribution in [0.25, 0.3) is 0 Å². The SMILES string of the molecule is CC(C)Cn1ccnc1CNC(=O)N[C@@H]1C=CCCC1. The van der Waals surface area contributed by atoms with Gasteiger partial charge in [-0.05, 0) is 25.2 Å². The van der Waals surface area contributed by atoms with Crippen LogP contribution in [0.4, 0.5) is 4.79 Å². The molecule has 1 heterocycles. The summed E-state index contributed by atoms with van der Waals surface area (Å²) < 4.78 is 2.09. The Labute approximate surface area is 120 Å². The number of rotatable bonds is 5. The Bertz CT molecular complexity index is 464. The van der Waals surface area contributed by atoms with Gasteiger partial charge in [-0.3, -0.25) is 0 Å². The van der Waals surface area contributed by atoms with E-state index in [1.807, 2.05) is 6.20 Å². The minimum Gasteiger partial charge on any atom is -0.333 e. The Morgan fingerprint density at radius 1 is 1.55 bits per heavy atom. The molecule has 2 amide bonds. The predicted molar refractivity (Wildman–Crippen MR) is 79.2 cm³/mol. The first-order valence-electron chi connectivity index (χ1n) is 7.36. The molecule has 110 valence electrons. The molecule has 5 heteroatoms. The van der Waals surface area contributed by atoms with E-state index < -0.39 is 0 Å². The van der Waals surface area contributed by atoms with Crippen molar-refractivity contribution in [3.63, 3.8) is 0 Å². The van der Waals surface area contributed by atoms with E-state index in [1.54, 1.807) is 6.20 Å². The maximum atomic E-state index is 11.8. The lowest BCUT2D eigenvalue weighted by atomic mass is 10.0. The summed E-state index contributed by atoms with van der Waals surface area (Å²) in [4.78, 5) is 16.1. The van der Waals surface area contributed by atoms with Crippen LogP contribution in [0.1, 0.15) is 38.9 Å². The molecule has 0 fully saturated rings. The molecule has 1 atom stereocenters. The van der Waals surface area contributed by atoms with Crippen LogP contribution in [0, 0.1) is 5.92 Å². The minimum absolute atomic E-state index is 0.124. The third kappa shape index (κ3) is 4.40. The van der Waals surface area contributed by atoms with Gasteiger partial charge < -0.3 is 15.2 Å². The normalized spacial score (nSPS) is 18.2. The molecule has 0 saturated carbocycles. The zero-order valence-electron chi connectivity index (χ0n) is 12.3. The highest BCUT2D eigenvalue weighted by Gasteiger charge is 2.12. The van der Waals surface area contributed by atoms with Gasteiger partial charge in [0.15, 0.2) is 0 Å². The molecule has 0 aromatic carbocycles. The van der Waals surface area contributed by atoms with E-state index in [-0.39, 0.29) is 12.1 Å². The Morgan fingerprint density at radius 3 is 3.10 bits per heavy atom. The van der Waals surface area contributed by atoms with E-state index in [0.29, 0.717) is 12.5 Å². The lowest BCUT2D eigenvalue weighted by Crippen LogP contribution is -2.41. The number of aromatic nitrogens is 2. The zero-order valence-corrected chi connectivity index (χ0v) is 12.3. The van der Waals surface area contributed by atoms with Crippen molar-refractivity contribution < 1.29 is 4.79 Å². The number of allylic oxidation sites excluding steroid dienone is 1. The number of hydrogen-bond acceptors (Lipinski definition) is 2. The van der Waals surface area contributed by atoms with Crippen molar-refractivity contribution >= 4 is 6.03 Å². The summed E-state index contributed by atoms with van der Waals surface area (Å²) in [5.74, 6) is 1.46. The lowest BCUT2D eigenvalue weighted by Gasteiger charge is -2.18. The van der Waals surface area contributed by atoms with Crippen LogP contribution in [0.3, 0.4) is 0 Å². The average Bonchev–Trinajstić information content (AvgIpc) is 2.84. The van der Waals surface area contributed by atoms with Gasteiger partial charge in [-0.25, -0.2) is 9.78 Å². The summed E-state index contributed by atoms with van der Waals surface area (Å²) in [6.45, 7) is 5.71. The van der Waals surface area contributed by atoms with Gasteiger partial charge in [-0.15, -0.1) is 0 Å². The monoisotopic (exact) mass is 276 g/mol. The fourth-order valence-electron chi connectivity index (χ4n) is 2.38. The van der Waals surface area contributed by atoms with Gasteiger partial charge in [0.1, 0.15) is 5.82 Å². The highest BCUT2D eigenvalue weighted by atomic mass is 16.2. The summed E-state index contributed by atoms with van der Waals surface area (Å²) >= 11 is 0. The van der Waals surface area contributed by atoms with E-state index in [0.717, 1.165) is 31.6 Å². The molecule has 1 aromatic heterocycles. The van der Waals surface area contributed by atoms with E-state index >= 15 is 0 Å². The van der Waals surface area contributed by atoms with E-state index in [9.17, 15) is 4.79 Å². The zero-order chi connectivity index (χ0) is 14.4. The third-order valence-electron chi connectivity index (χ3n) is 3.34. The second kappa shape index (κ2) is 7.12. The maximum Gasteiger partial charge on any atom is 0.315 e. The number of urea groups is 1. The topological polar surface area (TPSA) is 59.0 Å². The molecule has 0 saturated heterocycles. The van der Waals surface area contributed by atoms with Crippen LogP contribution in [-0.4, -0.2) is 21.6 Å². The molecule has 0 aliphatic heterocycles. The molecule has 0 spiro atoms. The Morgan fingerprint density at radius 2 is 2.40 bits per heavy atom. The molecule has 0 radical (unpaired) electrons. The highest BCUT2D eigenvalue weighted by Crippen LogP contribution is 2.09. The highest BCUT2D eigenvalue weighted by molar-refractivity contribution is 5.74. The Balaban J connectivity index is 1.79. The van der Waals surface area contributed by atoms with E-state index in [1.165, 1.54) is 0 Å². The van der Waals surface area contributed by atoms with Gasteiger partial charge in [0, 0.05) is 25.0 Å². The molecule has 1 aromatic rings. The number of imidazole rings is 1. The summed E-state index contributed by atoms with van der Waals surface area (Å²) in [5, 5.41) is 5.85. The van der Waals surface area contributed by atoms with Crippen LogP contribution >= 0.6 is 0 Å². The van der Waals surface area contributed by atoms with Crippen LogP contribution in [0.5, 0.6) is 0 Å².